The molecule has 0 bridgehead atoms. The summed E-state index contributed by atoms with van der Waals surface area (Å²) in [6.45, 7) is 3.05. The van der Waals surface area contributed by atoms with Crippen LogP contribution in [-0.2, 0) is 9.53 Å². The number of benzene rings is 1. The summed E-state index contributed by atoms with van der Waals surface area (Å²) in [6, 6.07) is 1.93. The lowest BCUT2D eigenvalue weighted by atomic mass is 10.2. The van der Waals surface area contributed by atoms with Crippen LogP contribution in [0.5, 0.6) is 5.75 Å². The van der Waals surface area contributed by atoms with Crippen molar-refractivity contribution in [2.24, 2.45) is 5.10 Å². The van der Waals surface area contributed by atoms with E-state index in [-0.39, 0.29) is 28.7 Å². The van der Waals surface area contributed by atoms with E-state index in [4.69, 9.17) is 21.7 Å². The number of hydrogen-bond acceptors (Lipinski definition) is 8. The number of halogens is 1. The molecule has 1 aromatic rings. The van der Waals surface area contributed by atoms with Gasteiger partial charge in [-0.2, -0.15) is 5.10 Å². The van der Waals surface area contributed by atoms with Gasteiger partial charge in [0.05, 0.1) is 29.0 Å². The van der Waals surface area contributed by atoms with Crippen molar-refractivity contribution in [3.05, 3.63) is 27.3 Å². The van der Waals surface area contributed by atoms with E-state index >= 15 is 0 Å². The molecule has 0 aromatic heterocycles. The SMILES string of the molecule is CCOC(=O)/C(=N/Nc1cc(Cl)c([N+](=O)[O-])cc1O)C(C)=N. The molecule has 1 rings (SSSR count). The van der Waals surface area contributed by atoms with E-state index in [1.807, 2.05) is 0 Å². The van der Waals surface area contributed by atoms with Gasteiger partial charge >= 0.3 is 5.97 Å². The summed E-state index contributed by atoms with van der Waals surface area (Å²) >= 11 is 5.71. The zero-order valence-electron chi connectivity index (χ0n) is 11.7. The first-order valence-electron chi connectivity index (χ1n) is 6.01. The molecular weight excluding hydrogens is 316 g/mol. The van der Waals surface area contributed by atoms with Crippen LogP contribution in [0.1, 0.15) is 13.8 Å². The lowest BCUT2D eigenvalue weighted by Gasteiger charge is -2.07. The molecule has 0 saturated heterocycles. The third-order valence-corrected chi connectivity index (χ3v) is 2.68. The van der Waals surface area contributed by atoms with E-state index < -0.39 is 22.3 Å². The number of phenols is 1. The van der Waals surface area contributed by atoms with Gasteiger partial charge in [0.1, 0.15) is 10.8 Å². The van der Waals surface area contributed by atoms with Crippen molar-refractivity contribution in [3.8, 4) is 5.75 Å². The average Bonchev–Trinajstić information content (AvgIpc) is 2.41. The number of hydrogen-bond donors (Lipinski definition) is 3. The van der Waals surface area contributed by atoms with Crippen molar-refractivity contribution >= 4 is 40.4 Å². The Hall–Kier alpha value is -2.68. The summed E-state index contributed by atoms with van der Waals surface area (Å²) in [5.41, 5.74) is 1.35. The van der Waals surface area contributed by atoms with Gasteiger partial charge in [0, 0.05) is 0 Å². The van der Waals surface area contributed by atoms with E-state index in [2.05, 4.69) is 10.5 Å². The van der Waals surface area contributed by atoms with Crippen LogP contribution in [0.4, 0.5) is 11.4 Å². The van der Waals surface area contributed by atoms with E-state index in [9.17, 15) is 20.0 Å². The Morgan fingerprint density at radius 1 is 1.59 bits per heavy atom. The fourth-order valence-electron chi connectivity index (χ4n) is 1.38. The third kappa shape index (κ3) is 4.16. The van der Waals surface area contributed by atoms with Crippen LogP contribution in [0.2, 0.25) is 5.02 Å². The summed E-state index contributed by atoms with van der Waals surface area (Å²) in [4.78, 5) is 21.5. The molecule has 10 heteroatoms. The molecule has 9 nitrogen and oxygen atoms in total. The summed E-state index contributed by atoms with van der Waals surface area (Å²) in [7, 11) is 0. The number of carbonyl (C=O) groups is 1. The third-order valence-electron chi connectivity index (χ3n) is 2.37. The first-order valence-corrected chi connectivity index (χ1v) is 6.39. The molecule has 0 amide bonds. The molecule has 0 saturated carbocycles. The number of esters is 1. The smallest absolute Gasteiger partial charge is 0.360 e. The van der Waals surface area contributed by atoms with Gasteiger partial charge in [-0.25, -0.2) is 4.79 Å². The Morgan fingerprint density at radius 2 is 2.23 bits per heavy atom. The number of aromatic hydroxyl groups is 1. The quantitative estimate of drug-likeness (QED) is 0.241. The van der Waals surface area contributed by atoms with Crippen LogP contribution < -0.4 is 5.43 Å². The van der Waals surface area contributed by atoms with Crippen molar-refractivity contribution in [1.82, 2.24) is 0 Å². The normalized spacial score (nSPS) is 11.0. The Kier molecular flexibility index (Phi) is 5.81. The molecule has 0 aliphatic rings. The van der Waals surface area contributed by atoms with Crippen molar-refractivity contribution in [2.45, 2.75) is 13.8 Å². The first-order chi connectivity index (χ1) is 10.3. The zero-order chi connectivity index (χ0) is 16.9. The minimum Gasteiger partial charge on any atom is -0.505 e. The Balaban J connectivity index is 3.10. The molecule has 0 spiro atoms. The van der Waals surface area contributed by atoms with Gasteiger partial charge in [0.25, 0.3) is 5.69 Å². The molecule has 0 heterocycles. The molecule has 1 aromatic carbocycles. The molecule has 3 N–H and O–H groups in total. The predicted molar refractivity (Wildman–Crippen MR) is 80.9 cm³/mol. The lowest BCUT2D eigenvalue weighted by molar-refractivity contribution is -0.384. The second-order valence-corrected chi connectivity index (χ2v) is 4.40. The molecule has 0 radical (unpaired) electrons. The zero-order valence-corrected chi connectivity index (χ0v) is 12.5. The molecule has 0 unspecified atom stereocenters. The van der Waals surface area contributed by atoms with Gasteiger partial charge in [-0.1, -0.05) is 11.6 Å². The second-order valence-electron chi connectivity index (χ2n) is 4.00. The fraction of sp³-hybridized carbons (Fsp3) is 0.250. The number of nitrogens with zero attached hydrogens (tertiary/aromatic N) is 2. The van der Waals surface area contributed by atoms with Crippen LogP contribution in [0, 0.1) is 15.5 Å². The van der Waals surface area contributed by atoms with Crippen LogP contribution in [0.25, 0.3) is 0 Å². The highest BCUT2D eigenvalue weighted by molar-refractivity contribution is 6.64. The monoisotopic (exact) mass is 328 g/mol. The van der Waals surface area contributed by atoms with Gasteiger partial charge < -0.3 is 15.3 Å². The maximum Gasteiger partial charge on any atom is 0.360 e. The van der Waals surface area contributed by atoms with Crippen molar-refractivity contribution in [3.63, 3.8) is 0 Å². The molecule has 0 fully saturated rings. The number of phenolic OH excluding ortho intramolecular Hbond substituents is 1. The number of carbonyl (C=O) groups excluding carboxylic acids is 1. The number of nitrogens with one attached hydrogen (secondary N) is 2. The number of anilines is 1. The standard InChI is InChI=1S/C12H13ClN4O5/c1-3-22-12(19)11(6(2)14)16-15-8-4-7(13)9(17(20)21)5-10(8)18/h4-5,14-15,18H,3H2,1-2H3/b14-6?,16-11+. The van der Waals surface area contributed by atoms with Crippen LogP contribution in [0.15, 0.2) is 17.2 Å². The highest BCUT2D eigenvalue weighted by Crippen LogP contribution is 2.34. The van der Waals surface area contributed by atoms with Crippen LogP contribution in [0.3, 0.4) is 0 Å². The minimum atomic E-state index is -0.810. The minimum absolute atomic E-state index is 0.0568. The molecule has 0 aliphatic heterocycles. The Bertz CT molecular complexity index is 659. The number of ether oxygens (including phenoxy) is 1. The van der Waals surface area contributed by atoms with Gasteiger partial charge in [0.2, 0.25) is 0 Å². The van der Waals surface area contributed by atoms with Gasteiger partial charge in [-0.15, -0.1) is 0 Å². The predicted octanol–water partition coefficient (Wildman–Crippen LogP) is 2.32. The van der Waals surface area contributed by atoms with E-state index in [0.717, 1.165) is 12.1 Å². The number of nitro benzene ring substituents is 1. The van der Waals surface area contributed by atoms with E-state index in [1.165, 1.54) is 6.92 Å². The molecule has 0 atom stereocenters. The first kappa shape index (κ1) is 17.4. The van der Waals surface area contributed by atoms with Gasteiger partial charge in [0.15, 0.2) is 5.71 Å². The van der Waals surface area contributed by atoms with Crippen LogP contribution in [-0.4, -0.2) is 34.0 Å². The van der Waals surface area contributed by atoms with Gasteiger partial charge in [-0.3, -0.25) is 15.5 Å². The van der Waals surface area contributed by atoms with Gasteiger partial charge in [-0.05, 0) is 19.9 Å². The molecule has 0 aliphatic carbocycles. The summed E-state index contributed by atoms with van der Waals surface area (Å²) in [5, 5.41) is 31.3. The summed E-state index contributed by atoms with van der Waals surface area (Å²) < 4.78 is 4.73. The fourth-order valence-corrected chi connectivity index (χ4v) is 1.61. The van der Waals surface area contributed by atoms with Crippen molar-refractivity contribution < 1.29 is 19.6 Å². The number of hydrazone groups is 1. The topological polar surface area (TPSA) is 138 Å². The molecular formula is C12H13ClN4O5. The highest BCUT2D eigenvalue weighted by Gasteiger charge is 2.18. The molecule has 118 valence electrons. The number of nitro groups is 1. The Morgan fingerprint density at radius 3 is 2.73 bits per heavy atom. The highest BCUT2D eigenvalue weighted by atomic mass is 35.5. The summed E-state index contributed by atoms with van der Waals surface area (Å²) in [6.07, 6.45) is 0. The van der Waals surface area contributed by atoms with E-state index in [0.29, 0.717) is 0 Å². The van der Waals surface area contributed by atoms with Crippen molar-refractivity contribution in [1.29, 1.82) is 5.41 Å². The van der Waals surface area contributed by atoms with E-state index in [1.54, 1.807) is 6.92 Å². The summed E-state index contributed by atoms with van der Waals surface area (Å²) in [5.74, 6) is -1.29. The van der Waals surface area contributed by atoms with Crippen molar-refractivity contribution in [2.75, 3.05) is 12.0 Å². The lowest BCUT2D eigenvalue weighted by Crippen LogP contribution is -2.25. The maximum atomic E-state index is 11.6. The average molecular weight is 329 g/mol. The van der Waals surface area contributed by atoms with Crippen LogP contribution >= 0.6 is 11.6 Å². The largest absolute Gasteiger partial charge is 0.505 e. The Labute approximate surface area is 130 Å². The maximum absolute atomic E-state index is 11.6. The number of rotatable bonds is 6. The second kappa shape index (κ2) is 7.36. The molecule has 22 heavy (non-hydrogen) atoms.